The van der Waals surface area contributed by atoms with Crippen LogP contribution in [0, 0.1) is 15.9 Å². The van der Waals surface area contributed by atoms with Gasteiger partial charge in [-0.2, -0.15) is 0 Å². The van der Waals surface area contributed by atoms with Crippen LogP contribution in [-0.2, 0) is 4.74 Å². The van der Waals surface area contributed by atoms with E-state index >= 15 is 0 Å². The number of esters is 1. The zero-order valence-electron chi connectivity index (χ0n) is 12.1. The van der Waals surface area contributed by atoms with Crippen molar-refractivity contribution in [1.29, 1.82) is 0 Å². The van der Waals surface area contributed by atoms with E-state index in [4.69, 9.17) is 4.74 Å². The van der Waals surface area contributed by atoms with E-state index in [1.807, 2.05) is 0 Å². The molecule has 2 aromatic rings. The first-order chi connectivity index (χ1) is 11.1. The molecule has 0 radical (unpaired) electrons. The summed E-state index contributed by atoms with van der Waals surface area (Å²) in [6.45, 7) is 0.572. The number of hydrogen-bond donors (Lipinski definition) is 1. The van der Waals surface area contributed by atoms with Crippen LogP contribution in [0.5, 0.6) is 0 Å². The number of ether oxygens (including phenoxy) is 1. The number of nitrogens with one attached hydrogen (secondary N) is 1. The van der Waals surface area contributed by atoms with Crippen molar-refractivity contribution in [3.05, 3.63) is 64.1 Å². The van der Waals surface area contributed by atoms with Gasteiger partial charge in [-0.1, -0.05) is 12.1 Å². The predicted molar refractivity (Wildman–Crippen MR) is 80.7 cm³/mol. The molecule has 7 nitrogen and oxygen atoms in total. The Kier molecular flexibility index (Phi) is 5.56. The summed E-state index contributed by atoms with van der Waals surface area (Å²) < 4.78 is 18.3. The minimum absolute atomic E-state index is 0.0885. The van der Waals surface area contributed by atoms with Gasteiger partial charge in [-0.05, 0) is 24.6 Å². The molecule has 0 fully saturated rings. The molecule has 0 spiro atoms. The van der Waals surface area contributed by atoms with E-state index < -0.39 is 16.7 Å². The average molecular weight is 319 g/mol. The van der Waals surface area contributed by atoms with Crippen LogP contribution in [0.2, 0.25) is 0 Å². The summed E-state index contributed by atoms with van der Waals surface area (Å²) in [5.74, 6) is -0.849. The molecular formula is C15H14FN3O4. The number of rotatable bonds is 7. The van der Waals surface area contributed by atoms with Crippen LogP contribution in [0.25, 0.3) is 0 Å². The number of carbonyl (C=O) groups excluding carboxylic acids is 1. The fraction of sp³-hybridized carbons (Fsp3) is 0.200. The quantitative estimate of drug-likeness (QED) is 0.365. The van der Waals surface area contributed by atoms with Crippen LogP contribution in [0.3, 0.4) is 0 Å². The Bertz CT molecular complexity index is 691. The van der Waals surface area contributed by atoms with Crippen molar-refractivity contribution >= 4 is 17.5 Å². The summed E-state index contributed by atoms with van der Waals surface area (Å²) in [5, 5.41) is 13.4. The van der Waals surface area contributed by atoms with E-state index in [9.17, 15) is 19.3 Å². The van der Waals surface area contributed by atoms with Crippen LogP contribution in [-0.4, -0.2) is 29.0 Å². The molecule has 1 aromatic carbocycles. The Hall–Kier alpha value is -3.03. The highest BCUT2D eigenvalue weighted by Gasteiger charge is 2.11. The topological polar surface area (TPSA) is 94.4 Å². The number of benzene rings is 1. The van der Waals surface area contributed by atoms with Gasteiger partial charge >= 0.3 is 5.97 Å². The monoisotopic (exact) mass is 319 g/mol. The van der Waals surface area contributed by atoms with Gasteiger partial charge in [-0.15, -0.1) is 0 Å². The number of pyridine rings is 1. The predicted octanol–water partition coefficient (Wildman–Crippen LogP) is 2.79. The highest BCUT2D eigenvalue weighted by molar-refractivity contribution is 5.89. The van der Waals surface area contributed by atoms with E-state index in [1.165, 1.54) is 30.3 Å². The lowest BCUT2D eigenvalue weighted by atomic mass is 10.2. The van der Waals surface area contributed by atoms with Gasteiger partial charge in [0.1, 0.15) is 17.8 Å². The maximum atomic E-state index is 13.4. The molecule has 23 heavy (non-hydrogen) atoms. The normalized spacial score (nSPS) is 10.1. The molecule has 0 saturated heterocycles. The lowest BCUT2D eigenvalue weighted by Crippen LogP contribution is -2.12. The zero-order chi connectivity index (χ0) is 16.7. The summed E-state index contributed by atoms with van der Waals surface area (Å²) >= 11 is 0. The van der Waals surface area contributed by atoms with Gasteiger partial charge < -0.3 is 10.1 Å². The number of anilines is 1. The number of hydrogen-bond acceptors (Lipinski definition) is 6. The van der Waals surface area contributed by atoms with Crippen LogP contribution in [0.4, 0.5) is 15.9 Å². The first-order valence-corrected chi connectivity index (χ1v) is 6.84. The smallest absolute Gasteiger partial charge is 0.341 e. The average Bonchev–Trinajstić information content (AvgIpc) is 2.55. The molecule has 0 bridgehead atoms. The molecule has 0 aliphatic carbocycles. The maximum Gasteiger partial charge on any atom is 0.341 e. The molecular weight excluding hydrogens is 305 g/mol. The van der Waals surface area contributed by atoms with E-state index in [1.54, 1.807) is 6.07 Å². The Morgan fingerprint density at radius 3 is 2.74 bits per heavy atom. The van der Waals surface area contributed by atoms with Gasteiger partial charge in [0.2, 0.25) is 0 Å². The third-order valence-corrected chi connectivity index (χ3v) is 2.91. The minimum Gasteiger partial charge on any atom is -0.462 e. The van der Waals surface area contributed by atoms with Crippen LogP contribution in [0.1, 0.15) is 16.8 Å². The summed E-state index contributed by atoms with van der Waals surface area (Å²) in [6, 6.07) is 8.43. The van der Waals surface area contributed by atoms with Crippen LogP contribution >= 0.6 is 0 Å². The molecule has 0 aliphatic heterocycles. The second-order valence-electron chi connectivity index (χ2n) is 4.55. The number of carbonyl (C=O) groups is 1. The highest BCUT2D eigenvalue weighted by Crippen LogP contribution is 2.12. The molecule has 0 saturated carbocycles. The van der Waals surface area contributed by atoms with Gasteiger partial charge in [-0.25, -0.2) is 14.2 Å². The van der Waals surface area contributed by atoms with E-state index in [0.29, 0.717) is 18.8 Å². The Morgan fingerprint density at radius 1 is 1.30 bits per heavy atom. The molecule has 0 atom stereocenters. The Morgan fingerprint density at radius 2 is 2.09 bits per heavy atom. The van der Waals surface area contributed by atoms with Gasteiger partial charge in [0.25, 0.3) is 5.69 Å². The molecule has 0 aliphatic rings. The molecule has 1 heterocycles. The van der Waals surface area contributed by atoms with Gasteiger partial charge in [0.15, 0.2) is 0 Å². The van der Waals surface area contributed by atoms with E-state index in [-0.39, 0.29) is 17.9 Å². The molecule has 2 rings (SSSR count). The number of nitro groups is 1. The summed E-state index contributed by atoms with van der Waals surface area (Å²) in [7, 11) is 0. The van der Waals surface area contributed by atoms with Gasteiger partial charge in [-0.3, -0.25) is 10.1 Å². The first kappa shape index (κ1) is 16.3. The van der Waals surface area contributed by atoms with Crippen molar-refractivity contribution < 1.29 is 18.8 Å². The molecule has 1 aromatic heterocycles. The van der Waals surface area contributed by atoms with Gasteiger partial charge in [0, 0.05) is 12.6 Å². The molecule has 8 heteroatoms. The van der Waals surface area contributed by atoms with Crippen molar-refractivity contribution in [2.75, 3.05) is 18.5 Å². The summed E-state index contributed by atoms with van der Waals surface area (Å²) in [6.07, 6.45) is 1.64. The van der Waals surface area contributed by atoms with Crippen molar-refractivity contribution in [2.45, 2.75) is 6.42 Å². The molecule has 0 amide bonds. The van der Waals surface area contributed by atoms with Crippen LogP contribution in [0.15, 0.2) is 42.6 Å². The number of halogens is 1. The fourth-order valence-electron chi connectivity index (χ4n) is 1.76. The SMILES string of the molecule is O=C(OCCCNc1ccc([N+](=O)[O-])cn1)c1ccccc1F. The molecule has 0 unspecified atom stereocenters. The third kappa shape index (κ3) is 4.73. The van der Waals surface area contributed by atoms with E-state index in [2.05, 4.69) is 10.3 Å². The standard InChI is InChI=1S/C15H14FN3O4/c16-13-5-2-1-4-12(13)15(20)23-9-3-8-17-14-7-6-11(10-18-14)19(21)22/h1-2,4-7,10H,3,8-9H2,(H,17,18). The third-order valence-electron chi connectivity index (χ3n) is 2.91. The second kappa shape index (κ2) is 7.83. The first-order valence-electron chi connectivity index (χ1n) is 6.84. The number of nitrogens with zero attached hydrogens (tertiary/aromatic N) is 2. The van der Waals surface area contributed by atoms with Crippen LogP contribution < -0.4 is 5.32 Å². The Balaban J connectivity index is 1.70. The lowest BCUT2D eigenvalue weighted by molar-refractivity contribution is -0.385. The van der Waals surface area contributed by atoms with E-state index in [0.717, 1.165) is 6.20 Å². The summed E-state index contributed by atoms with van der Waals surface area (Å²) in [4.78, 5) is 25.5. The van der Waals surface area contributed by atoms with Crippen molar-refractivity contribution in [2.24, 2.45) is 0 Å². The fourth-order valence-corrected chi connectivity index (χ4v) is 1.76. The van der Waals surface area contributed by atoms with Gasteiger partial charge in [0.05, 0.1) is 17.1 Å². The lowest BCUT2D eigenvalue weighted by Gasteiger charge is -2.07. The summed E-state index contributed by atoms with van der Waals surface area (Å²) in [5.41, 5.74) is -0.188. The molecule has 1 N–H and O–H groups in total. The van der Waals surface area contributed by atoms with Crippen molar-refractivity contribution in [3.63, 3.8) is 0 Å². The second-order valence-corrected chi connectivity index (χ2v) is 4.55. The maximum absolute atomic E-state index is 13.4. The molecule has 120 valence electrons. The highest BCUT2D eigenvalue weighted by atomic mass is 19.1. The number of aromatic nitrogens is 1. The zero-order valence-corrected chi connectivity index (χ0v) is 12.1. The Labute approximate surface area is 131 Å². The minimum atomic E-state index is -0.712. The van der Waals surface area contributed by atoms with Crippen molar-refractivity contribution in [3.8, 4) is 0 Å². The largest absolute Gasteiger partial charge is 0.462 e. The van der Waals surface area contributed by atoms with Crippen molar-refractivity contribution in [1.82, 2.24) is 4.98 Å².